The van der Waals surface area contributed by atoms with E-state index in [0.29, 0.717) is 17.7 Å². The molecule has 2 aromatic carbocycles. The third-order valence-electron chi connectivity index (χ3n) is 3.29. The second-order valence-electron chi connectivity index (χ2n) is 4.66. The van der Waals surface area contributed by atoms with Gasteiger partial charge in [-0.1, -0.05) is 48.5 Å². The minimum atomic E-state index is -0.333. The summed E-state index contributed by atoms with van der Waals surface area (Å²) in [6.07, 6.45) is 0. The number of rotatable bonds is 3. The molecule has 1 heterocycles. The lowest BCUT2D eigenvalue weighted by molar-refractivity contribution is 0.0528. The third kappa shape index (κ3) is 2.63. The van der Waals surface area contributed by atoms with Crippen LogP contribution in [0.1, 0.15) is 17.3 Å². The van der Waals surface area contributed by atoms with Gasteiger partial charge in [-0.3, -0.25) is 0 Å². The van der Waals surface area contributed by atoms with E-state index in [0.717, 1.165) is 16.6 Å². The molecule has 1 aromatic heterocycles. The Morgan fingerprint density at radius 2 is 1.81 bits per heavy atom. The van der Waals surface area contributed by atoms with Crippen molar-refractivity contribution in [2.24, 2.45) is 0 Å². The SMILES string of the molecule is CCOC(=O)c1cccc2ccc(-c3ccccc3)nc12. The zero-order valence-corrected chi connectivity index (χ0v) is 11.7. The van der Waals surface area contributed by atoms with Crippen molar-refractivity contribution in [3.05, 3.63) is 66.2 Å². The van der Waals surface area contributed by atoms with Gasteiger partial charge in [0.25, 0.3) is 0 Å². The van der Waals surface area contributed by atoms with Crippen LogP contribution < -0.4 is 0 Å². The number of fused-ring (bicyclic) bond motifs is 1. The molecule has 0 aliphatic carbocycles. The number of carbonyl (C=O) groups excluding carboxylic acids is 1. The van der Waals surface area contributed by atoms with Gasteiger partial charge in [-0.25, -0.2) is 9.78 Å². The van der Waals surface area contributed by atoms with Crippen LogP contribution in [-0.2, 0) is 4.74 Å². The highest BCUT2D eigenvalue weighted by Gasteiger charge is 2.12. The highest BCUT2D eigenvalue weighted by atomic mass is 16.5. The van der Waals surface area contributed by atoms with Crippen LogP contribution in [0, 0.1) is 0 Å². The van der Waals surface area contributed by atoms with Crippen molar-refractivity contribution < 1.29 is 9.53 Å². The van der Waals surface area contributed by atoms with E-state index in [1.54, 1.807) is 13.0 Å². The first kappa shape index (κ1) is 13.3. The lowest BCUT2D eigenvalue weighted by Crippen LogP contribution is -2.06. The van der Waals surface area contributed by atoms with Gasteiger partial charge in [0.15, 0.2) is 0 Å². The smallest absolute Gasteiger partial charge is 0.340 e. The molecule has 0 N–H and O–H groups in total. The van der Waals surface area contributed by atoms with E-state index in [2.05, 4.69) is 4.98 Å². The summed E-state index contributed by atoms with van der Waals surface area (Å²) >= 11 is 0. The van der Waals surface area contributed by atoms with Gasteiger partial charge >= 0.3 is 5.97 Å². The molecular formula is C18H15NO2. The fourth-order valence-corrected chi connectivity index (χ4v) is 2.29. The first-order valence-corrected chi connectivity index (χ1v) is 6.92. The van der Waals surface area contributed by atoms with Gasteiger partial charge in [0.05, 0.1) is 23.4 Å². The Morgan fingerprint density at radius 3 is 2.57 bits per heavy atom. The van der Waals surface area contributed by atoms with Gasteiger partial charge in [0.1, 0.15) is 0 Å². The molecule has 3 nitrogen and oxygen atoms in total. The van der Waals surface area contributed by atoms with Crippen molar-refractivity contribution in [3.8, 4) is 11.3 Å². The summed E-state index contributed by atoms with van der Waals surface area (Å²) in [7, 11) is 0. The van der Waals surface area contributed by atoms with E-state index in [1.165, 1.54) is 0 Å². The first-order valence-electron chi connectivity index (χ1n) is 6.92. The van der Waals surface area contributed by atoms with Crippen molar-refractivity contribution in [1.82, 2.24) is 4.98 Å². The summed E-state index contributed by atoms with van der Waals surface area (Å²) in [6, 6.07) is 19.4. The molecule has 3 heteroatoms. The molecule has 0 aliphatic rings. The summed E-state index contributed by atoms with van der Waals surface area (Å²) in [4.78, 5) is 16.7. The minimum Gasteiger partial charge on any atom is -0.462 e. The number of pyridine rings is 1. The fourth-order valence-electron chi connectivity index (χ4n) is 2.29. The maximum Gasteiger partial charge on any atom is 0.340 e. The Hall–Kier alpha value is -2.68. The number of nitrogens with zero attached hydrogens (tertiary/aromatic N) is 1. The first-order chi connectivity index (χ1) is 10.3. The minimum absolute atomic E-state index is 0.333. The molecule has 0 fully saturated rings. The maximum atomic E-state index is 12.0. The number of benzene rings is 2. The number of hydrogen-bond donors (Lipinski definition) is 0. The molecule has 0 bridgehead atoms. The Labute approximate surface area is 123 Å². The fraction of sp³-hybridized carbons (Fsp3) is 0.111. The average Bonchev–Trinajstić information content (AvgIpc) is 2.55. The van der Waals surface area contributed by atoms with Crippen LogP contribution in [-0.4, -0.2) is 17.6 Å². The van der Waals surface area contributed by atoms with Gasteiger partial charge in [-0.15, -0.1) is 0 Å². The molecule has 0 unspecified atom stereocenters. The second kappa shape index (κ2) is 5.75. The predicted molar refractivity (Wildman–Crippen MR) is 83.1 cm³/mol. The van der Waals surface area contributed by atoms with Crippen LogP contribution in [0.5, 0.6) is 0 Å². The van der Waals surface area contributed by atoms with Gasteiger partial charge < -0.3 is 4.74 Å². The Bertz CT molecular complexity index is 782. The van der Waals surface area contributed by atoms with E-state index < -0.39 is 0 Å². The monoisotopic (exact) mass is 277 g/mol. The average molecular weight is 277 g/mol. The van der Waals surface area contributed by atoms with Crippen molar-refractivity contribution in [3.63, 3.8) is 0 Å². The summed E-state index contributed by atoms with van der Waals surface area (Å²) in [5.41, 5.74) is 3.06. The number of aromatic nitrogens is 1. The quantitative estimate of drug-likeness (QED) is 0.677. The Kier molecular flexibility index (Phi) is 3.65. The molecule has 3 aromatic rings. The van der Waals surface area contributed by atoms with Gasteiger partial charge in [0, 0.05) is 10.9 Å². The van der Waals surface area contributed by atoms with Crippen LogP contribution in [0.2, 0.25) is 0 Å². The van der Waals surface area contributed by atoms with Gasteiger partial charge in [-0.2, -0.15) is 0 Å². The summed E-state index contributed by atoms with van der Waals surface area (Å²) in [5, 5.41) is 0.931. The number of para-hydroxylation sites is 1. The van der Waals surface area contributed by atoms with E-state index in [4.69, 9.17) is 4.74 Å². The van der Waals surface area contributed by atoms with E-state index in [-0.39, 0.29) is 5.97 Å². The molecule has 0 atom stereocenters. The normalized spacial score (nSPS) is 10.5. The lowest BCUT2D eigenvalue weighted by atomic mass is 10.1. The largest absolute Gasteiger partial charge is 0.462 e. The highest BCUT2D eigenvalue weighted by molar-refractivity contribution is 6.03. The van der Waals surface area contributed by atoms with Gasteiger partial charge in [0.2, 0.25) is 0 Å². The van der Waals surface area contributed by atoms with Crippen LogP contribution >= 0.6 is 0 Å². The predicted octanol–water partition coefficient (Wildman–Crippen LogP) is 4.08. The zero-order chi connectivity index (χ0) is 14.7. The van der Waals surface area contributed by atoms with Crippen LogP contribution in [0.4, 0.5) is 0 Å². The molecule has 0 radical (unpaired) electrons. The number of esters is 1. The van der Waals surface area contributed by atoms with Crippen LogP contribution in [0.15, 0.2) is 60.7 Å². The molecule has 0 aliphatic heterocycles. The zero-order valence-electron chi connectivity index (χ0n) is 11.7. The van der Waals surface area contributed by atoms with Crippen LogP contribution in [0.25, 0.3) is 22.2 Å². The highest BCUT2D eigenvalue weighted by Crippen LogP contribution is 2.23. The van der Waals surface area contributed by atoms with E-state index in [9.17, 15) is 4.79 Å². The lowest BCUT2D eigenvalue weighted by Gasteiger charge is -2.07. The number of hydrogen-bond acceptors (Lipinski definition) is 3. The standard InChI is InChI=1S/C18H15NO2/c1-2-21-18(20)15-10-6-9-14-11-12-16(19-17(14)15)13-7-4-3-5-8-13/h3-12H,2H2,1H3. The molecule has 0 saturated heterocycles. The molecule has 3 rings (SSSR count). The number of ether oxygens (including phenoxy) is 1. The Balaban J connectivity index is 2.15. The molecular weight excluding hydrogens is 262 g/mol. The second-order valence-corrected chi connectivity index (χ2v) is 4.66. The summed E-state index contributed by atoms with van der Waals surface area (Å²) in [6.45, 7) is 2.15. The van der Waals surface area contributed by atoms with E-state index in [1.807, 2.05) is 54.6 Å². The number of carbonyl (C=O) groups is 1. The van der Waals surface area contributed by atoms with Crippen molar-refractivity contribution in [2.45, 2.75) is 6.92 Å². The summed E-state index contributed by atoms with van der Waals surface area (Å²) < 4.78 is 5.10. The molecule has 21 heavy (non-hydrogen) atoms. The van der Waals surface area contributed by atoms with E-state index >= 15 is 0 Å². The van der Waals surface area contributed by atoms with Crippen molar-refractivity contribution >= 4 is 16.9 Å². The van der Waals surface area contributed by atoms with Crippen molar-refractivity contribution in [1.29, 1.82) is 0 Å². The third-order valence-corrected chi connectivity index (χ3v) is 3.29. The molecule has 0 amide bonds. The molecule has 104 valence electrons. The Morgan fingerprint density at radius 1 is 1.00 bits per heavy atom. The summed E-state index contributed by atoms with van der Waals surface area (Å²) in [5.74, 6) is -0.333. The maximum absolute atomic E-state index is 12.0. The molecule has 0 saturated carbocycles. The van der Waals surface area contributed by atoms with Crippen LogP contribution in [0.3, 0.4) is 0 Å². The molecule has 0 spiro atoms. The van der Waals surface area contributed by atoms with Crippen molar-refractivity contribution in [2.75, 3.05) is 6.61 Å². The van der Waals surface area contributed by atoms with Gasteiger partial charge in [-0.05, 0) is 19.1 Å². The topological polar surface area (TPSA) is 39.2 Å².